The van der Waals surface area contributed by atoms with Gasteiger partial charge in [0.25, 0.3) is 0 Å². The Bertz CT molecular complexity index is 481. The first-order valence-electron chi connectivity index (χ1n) is 7.23. The first-order valence-corrected chi connectivity index (χ1v) is 7.23. The first kappa shape index (κ1) is 14.8. The lowest BCUT2D eigenvalue weighted by Crippen LogP contribution is -2.43. The molecule has 3 unspecified atom stereocenters. The Morgan fingerprint density at radius 3 is 2.70 bits per heavy atom. The van der Waals surface area contributed by atoms with Crippen molar-refractivity contribution in [2.45, 2.75) is 39.3 Å². The maximum atomic E-state index is 11.6. The van der Waals surface area contributed by atoms with E-state index in [1.54, 1.807) is 0 Å². The van der Waals surface area contributed by atoms with Crippen LogP contribution >= 0.6 is 0 Å². The fourth-order valence-corrected chi connectivity index (χ4v) is 3.13. The summed E-state index contributed by atoms with van der Waals surface area (Å²) in [5, 5.41) is 12.7. The Labute approximate surface area is 120 Å². The minimum Gasteiger partial charge on any atom is -0.480 e. The number of nitrogens with one attached hydrogen (secondary N) is 1. The van der Waals surface area contributed by atoms with E-state index in [4.69, 9.17) is 0 Å². The second-order valence-corrected chi connectivity index (χ2v) is 5.87. The second-order valence-electron chi connectivity index (χ2n) is 5.87. The van der Waals surface area contributed by atoms with Gasteiger partial charge in [0.05, 0.1) is 0 Å². The Morgan fingerprint density at radius 1 is 1.40 bits per heavy atom. The summed E-state index contributed by atoms with van der Waals surface area (Å²) in [7, 11) is 0. The molecule has 0 saturated carbocycles. The number of rotatable bonds is 5. The topological polar surface area (TPSA) is 49.3 Å². The van der Waals surface area contributed by atoms with Crippen LogP contribution in [0.1, 0.15) is 32.3 Å². The Balaban J connectivity index is 2.01. The van der Waals surface area contributed by atoms with Crippen LogP contribution in [0.5, 0.6) is 0 Å². The van der Waals surface area contributed by atoms with E-state index in [-0.39, 0.29) is 5.92 Å². The lowest BCUT2D eigenvalue weighted by molar-refractivity contribution is -0.141. The van der Waals surface area contributed by atoms with Crippen molar-refractivity contribution >= 4 is 5.97 Å². The summed E-state index contributed by atoms with van der Waals surface area (Å²) in [5.74, 6) is -0.0989. The highest BCUT2D eigenvalue weighted by atomic mass is 16.4. The van der Waals surface area contributed by atoms with Crippen LogP contribution in [-0.4, -0.2) is 17.1 Å². The van der Waals surface area contributed by atoms with E-state index in [0.29, 0.717) is 12.5 Å². The molecule has 1 aliphatic carbocycles. The number of benzene rings is 1. The van der Waals surface area contributed by atoms with Gasteiger partial charge in [0.2, 0.25) is 0 Å². The van der Waals surface area contributed by atoms with Gasteiger partial charge in [0.15, 0.2) is 0 Å². The van der Waals surface area contributed by atoms with Crippen molar-refractivity contribution in [2.75, 3.05) is 0 Å². The predicted octanol–water partition coefficient (Wildman–Crippen LogP) is 3.22. The third-order valence-corrected chi connectivity index (χ3v) is 3.93. The SMILES string of the molecule is CC1=CC(C)CC(C(NCc2ccccc2)C(=O)O)C1. The molecule has 0 radical (unpaired) electrons. The molecular formula is C17H23NO2. The number of carbonyl (C=O) groups is 1. The molecule has 1 aromatic rings. The summed E-state index contributed by atoms with van der Waals surface area (Å²) in [4.78, 5) is 11.6. The van der Waals surface area contributed by atoms with E-state index >= 15 is 0 Å². The maximum Gasteiger partial charge on any atom is 0.321 e. The molecule has 0 bridgehead atoms. The average Bonchev–Trinajstić information content (AvgIpc) is 2.38. The maximum absolute atomic E-state index is 11.6. The Morgan fingerprint density at radius 2 is 2.10 bits per heavy atom. The van der Waals surface area contributed by atoms with Gasteiger partial charge in [-0.05, 0) is 37.2 Å². The van der Waals surface area contributed by atoms with Crippen LogP contribution in [0.4, 0.5) is 0 Å². The largest absolute Gasteiger partial charge is 0.480 e. The first-order chi connectivity index (χ1) is 9.56. The zero-order valence-electron chi connectivity index (χ0n) is 12.2. The average molecular weight is 273 g/mol. The molecule has 0 saturated heterocycles. The van der Waals surface area contributed by atoms with Crippen LogP contribution in [0.3, 0.4) is 0 Å². The lowest BCUT2D eigenvalue weighted by Gasteiger charge is -2.30. The molecule has 0 aliphatic heterocycles. The summed E-state index contributed by atoms with van der Waals surface area (Å²) in [5.41, 5.74) is 2.43. The van der Waals surface area contributed by atoms with Crippen molar-refractivity contribution in [3.8, 4) is 0 Å². The van der Waals surface area contributed by atoms with E-state index in [2.05, 4.69) is 25.2 Å². The van der Waals surface area contributed by atoms with Crippen molar-refractivity contribution in [3.05, 3.63) is 47.5 Å². The van der Waals surface area contributed by atoms with Crippen LogP contribution in [0, 0.1) is 11.8 Å². The molecule has 0 amide bonds. The van der Waals surface area contributed by atoms with Gasteiger partial charge in [0, 0.05) is 6.54 Å². The molecule has 2 rings (SSSR count). The fourth-order valence-electron chi connectivity index (χ4n) is 3.13. The van der Waals surface area contributed by atoms with Crippen LogP contribution < -0.4 is 5.32 Å². The van der Waals surface area contributed by atoms with Crippen molar-refractivity contribution < 1.29 is 9.90 Å². The van der Waals surface area contributed by atoms with Gasteiger partial charge < -0.3 is 10.4 Å². The van der Waals surface area contributed by atoms with Gasteiger partial charge in [-0.1, -0.05) is 48.9 Å². The van der Waals surface area contributed by atoms with Crippen molar-refractivity contribution in [1.82, 2.24) is 5.32 Å². The summed E-state index contributed by atoms with van der Waals surface area (Å²) >= 11 is 0. The molecule has 3 nitrogen and oxygen atoms in total. The minimum absolute atomic E-state index is 0.177. The fraction of sp³-hybridized carbons (Fsp3) is 0.471. The molecule has 2 N–H and O–H groups in total. The van der Waals surface area contributed by atoms with Gasteiger partial charge in [0.1, 0.15) is 6.04 Å². The Kier molecular flexibility index (Phi) is 4.96. The highest BCUT2D eigenvalue weighted by Crippen LogP contribution is 2.30. The molecule has 0 aromatic heterocycles. The van der Waals surface area contributed by atoms with Crippen LogP contribution in [0.25, 0.3) is 0 Å². The van der Waals surface area contributed by atoms with Crippen molar-refractivity contribution in [2.24, 2.45) is 11.8 Å². The second kappa shape index (κ2) is 6.71. The van der Waals surface area contributed by atoms with E-state index in [0.717, 1.165) is 18.4 Å². The quantitative estimate of drug-likeness (QED) is 0.810. The molecule has 3 atom stereocenters. The standard InChI is InChI=1S/C17H23NO2/c1-12-8-13(2)10-15(9-12)16(17(19)20)18-11-14-6-4-3-5-7-14/h3-8,12,15-16,18H,9-11H2,1-2H3,(H,19,20). The van der Waals surface area contributed by atoms with E-state index < -0.39 is 12.0 Å². The van der Waals surface area contributed by atoms with Crippen LogP contribution in [0.15, 0.2) is 42.0 Å². The molecule has 1 aromatic carbocycles. The monoisotopic (exact) mass is 273 g/mol. The third kappa shape index (κ3) is 3.94. The number of hydrogen-bond acceptors (Lipinski definition) is 2. The van der Waals surface area contributed by atoms with Crippen molar-refractivity contribution in [1.29, 1.82) is 0 Å². The molecule has 0 spiro atoms. The zero-order chi connectivity index (χ0) is 14.5. The van der Waals surface area contributed by atoms with E-state index in [1.165, 1.54) is 5.57 Å². The Hall–Kier alpha value is -1.61. The minimum atomic E-state index is -0.743. The number of allylic oxidation sites excluding steroid dienone is 2. The van der Waals surface area contributed by atoms with E-state index in [1.807, 2.05) is 30.3 Å². The number of aliphatic carboxylic acids is 1. The molecule has 0 heterocycles. The number of carboxylic acids is 1. The van der Waals surface area contributed by atoms with Crippen molar-refractivity contribution in [3.63, 3.8) is 0 Å². The highest BCUT2D eigenvalue weighted by molar-refractivity contribution is 5.74. The summed E-state index contributed by atoms with van der Waals surface area (Å²) in [6, 6.07) is 9.47. The molecule has 3 heteroatoms. The van der Waals surface area contributed by atoms with Crippen LogP contribution in [-0.2, 0) is 11.3 Å². The summed E-state index contributed by atoms with van der Waals surface area (Å²) in [6.07, 6.45) is 4.08. The normalized spacial score (nSPS) is 24.0. The zero-order valence-corrected chi connectivity index (χ0v) is 12.2. The van der Waals surface area contributed by atoms with Gasteiger partial charge >= 0.3 is 5.97 Å². The molecule has 108 valence electrons. The highest BCUT2D eigenvalue weighted by Gasteiger charge is 2.30. The van der Waals surface area contributed by atoms with Gasteiger partial charge in [-0.3, -0.25) is 4.79 Å². The number of hydrogen-bond donors (Lipinski definition) is 2. The van der Waals surface area contributed by atoms with Crippen LogP contribution in [0.2, 0.25) is 0 Å². The van der Waals surface area contributed by atoms with Gasteiger partial charge in [-0.15, -0.1) is 0 Å². The summed E-state index contributed by atoms with van der Waals surface area (Å²) in [6.45, 7) is 4.86. The molecule has 20 heavy (non-hydrogen) atoms. The summed E-state index contributed by atoms with van der Waals surface area (Å²) < 4.78 is 0. The molecule has 0 fully saturated rings. The molecular weight excluding hydrogens is 250 g/mol. The number of carboxylic acid groups (broad SMARTS) is 1. The predicted molar refractivity (Wildman–Crippen MR) is 80.4 cm³/mol. The van der Waals surface area contributed by atoms with Gasteiger partial charge in [-0.2, -0.15) is 0 Å². The lowest BCUT2D eigenvalue weighted by atomic mass is 9.79. The smallest absolute Gasteiger partial charge is 0.321 e. The molecule has 1 aliphatic rings. The third-order valence-electron chi connectivity index (χ3n) is 3.93. The van der Waals surface area contributed by atoms with Gasteiger partial charge in [-0.25, -0.2) is 0 Å². The van der Waals surface area contributed by atoms with E-state index in [9.17, 15) is 9.90 Å².